The van der Waals surface area contributed by atoms with E-state index >= 15 is 0 Å². The molecule has 1 amide bonds. The van der Waals surface area contributed by atoms with Gasteiger partial charge in [0.15, 0.2) is 4.96 Å². The molecule has 0 aliphatic rings. The van der Waals surface area contributed by atoms with Crippen molar-refractivity contribution in [3.63, 3.8) is 0 Å². The monoisotopic (exact) mass is 399 g/mol. The molecule has 0 saturated carbocycles. The summed E-state index contributed by atoms with van der Waals surface area (Å²) in [6.07, 6.45) is 6.32. The Morgan fingerprint density at radius 2 is 2.19 bits per heavy atom. The number of benzene rings is 1. The van der Waals surface area contributed by atoms with Crippen LogP contribution in [0.4, 0.5) is 0 Å². The van der Waals surface area contributed by atoms with Gasteiger partial charge in [0.05, 0.1) is 10.7 Å². The Bertz CT molecular complexity index is 1070. The van der Waals surface area contributed by atoms with Crippen LogP contribution in [0.1, 0.15) is 23.8 Å². The van der Waals surface area contributed by atoms with Crippen LogP contribution in [-0.2, 0) is 6.54 Å². The number of aromatic nitrogens is 4. The molecule has 3 aromatic heterocycles. The zero-order chi connectivity index (χ0) is 18.8. The van der Waals surface area contributed by atoms with Crippen molar-refractivity contribution in [3.05, 3.63) is 65.0 Å². The molecule has 0 bridgehead atoms. The van der Waals surface area contributed by atoms with Crippen LogP contribution < -0.4 is 5.32 Å². The lowest BCUT2D eigenvalue weighted by Gasteiger charge is -2.13. The molecule has 27 heavy (non-hydrogen) atoms. The molecular formula is C19H18ClN5OS. The largest absolute Gasteiger partial charge is 0.348 e. The van der Waals surface area contributed by atoms with Crippen molar-refractivity contribution < 1.29 is 4.79 Å². The van der Waals surface area contributed by atoms with E-state index in [1.807, 2.05) is 64.1 Å². The van der Waals surface area contributed by atoms with Crippen LogP contribution in [-0.4, -0.2) is 31.1 Å². The van der Waals surface area contributed by atoms with Gasteiger partial charge in [0, 0.05) is 42.1 Å². The van der Waals surface area contributed by atoms with Crippen LogP contribution in [0, 0.1) is 0 Å². The topological polar surface area (TPSA) is 64.2 Å². The number of nitrogens with zero attached hydrogens (tertiary/aromatic N) is 4. The van der Waals surface area contributed by atoms with Gasteiger partial charge in [-0.1, -0.05) is 29.8 Å². The van der Waals surface area contributed by atoms with Gasteiger partial charge >= 0.3 is 0 Å². The Kier molecular flexibility index (Phi) is 4.96. The molecule has 1 atom stereocenters. The van der Waals surface area contributed by atoms with Gasteiger partial charge in [-0.15, -0.1) is 11.3 Å². The van der Waals surface area contributed by atoms with Crippen molar-refractivity contribution >= 4 is 33.8 Å². The third-order valence-electron chi connectivity index (χ3n) is 4.32. The van der Waals surface area contributed by atoms with E-state index in [1.165, 1.54) is 11.3 Å². The van der Waals surface area contributed by atoms with Crippen molar-refractivity contribution in [2.45, 2.75) is 25.9 Å². The summed E-state index contributed by atoms with van der Waals surface area (Å²) < 4.78 is 3.68. The van der Waals surface area contributed by atoms with E-state index in [9.17, 15) is 4.79 Å². The van der Waals surface area contributed by atoms with Crippen LogP contribution in [0.5, 0.6) is 0 Å². The number of hydrogen-bond donors (Lipinski definition) is 1. The predicted molar refractivity (Wildman–Crippen MR) is 107 cm³/mol. The van der Waals surface area contributed by atoms with Crippen LogP contribution in [0.3, 0.4) is 0 Å². The molecule has 0 aliphatic carbocycles. The van der Waals surface area contributed by atoms with Gasteiger partial charge in [-0.2, -0.15) is 5.10 Å². The molecule has 8 heteroatoms. The third kappa shape index (κ3) is 3.74. The second kappa shape index (κ2) is 7.54. The van der Waals surface area contributed by atoms with Gasteiger partial charge in [-0.25, -0.2) is 4.98 Å². The van der Waals surface area contributed by atoms with E-state index in [1.54, 1.807) is 6.20 Å². The lowest BCUT2D eigenvalue weighted by atomic mass is 10.2. The van der Waals surface area contributed by atoms with Crippen molar-refractivity contribution in [1.29, 1.82) is 0 Å². The normalized spacial score (nSPS) is 12.4. The van der Waals surface area contributed by atoms with Gasteiger partial charge < -0.3 is 5.32 Å². The van der Waals surface area contributed by atoms with Crippen LogP contribution in [0.15, 0.2) is 54.3 Å². The Morgan fingerprint density at radius 3 is 2.96 bits per heavy atom. The number of carbonyl (C=O) groups is 1. The summed E-state index contributed by atoms with van der Waals surface area (Å²) in [4.78, 5) is 18.1. The van der Waals surface area contributed by atoms with E-state index in [4.69, 9.17) is 11.6 Å². The minimum Gasteiger partial charge on any atom is -0.348 e. The van der Waals surface area contributed by atoms with Gasteiger partial charge in [-0.3, -0.25) is 13.9 Å². The molecule has 138 valence electrons. The molecule has 1 N–H and O–H groups in total. The van der Waals surface area contributed by atoms with Crippen LogP contribution >= 0.6 is 22.9 Å². The summed E-state index contributed by atoms with van der Waals surface area (Å²) in [7, 11) is 0. The number of halogens is 1. The average Bonchev–Trinajstić information content (AvgIpc) is 3.37. The molecule has 4 aromatic rings. The van der Waals surface area contributed by atoms with Gasteiger partial charge in [0.25, 0.3) is 5.91 Å². The Morgan fingerprint density at radius 1 is 1.33 bits per heavy atom. The summed E-state index contributed by atoms with van der Waals surface area (Å²) >= 11 is 7.71. The Balaban J connectivity index is 1.49. The molecule has 4 rings (SSSR count). The maximum atomic E-state index is 12.7. The summed E-state index contributed by atoms with van der Waals surface area (Å²) in [5.74, 6) is -0.114. The number of imidazole rings is 1. The molecule has 0 aliphatic heterocycles. The lowest BCUT2D eigenvalue weighted by molar-refractivity contribution is 0.0931. The predicted octanol–water partition coefficient (Wildman–Crippen LogP) is 4.12. The van der Waals surface area contributed by atoms with Gasteiger partial charge in [0.1, 0.15) is 5.69 Å². The number of hydrogen-bond acceptors (Lipinski definition) is 4. The Hall–Kier alpha value is -2.64. The number of carbonyl (C=O) groups excluding carboxylic acids is 1. The van der Waals surface area contributed by atoms with Crippen LogP contribution in [0.25, 0.3) is 16.2 Å². The number of thiazole rings is 1. The molecule has 0 saturated heterocycles. The first-order valence-corrected chi connectivity index (χ1v) is 9.87. The van der Waals surface area contributed by atoms with E-state index < -0.39 is 0 Å². The second-order valence-corrected chi connectivity index (χ2v) is 7.56. The summed E-state index contributed by atoms with van der Waals surface area (Å²) in [6.45, 7) is 2.75. The molecule has 0 fully saturated rings. The number of amides is 1. The highest BCUT2D eigenvalue weighted by atomic mass is 35.5. The maximum Gasteiger partial charge on any atom is 0.269 e. The number of aryl methyl sites for hydroxylation is 1. The highest BCUT2D eigenvalue weighted by Gasteiger charge is 2.17. The molecule has 0 radical (unpaired) electrons. The van der Waals surface area contributed by atoms with E-state index in [-0.39, 0.29) is 11.9 Å². The highest BCUT2D eigenvalue weighted by Crippen LogP contribution is 2.29. The Labute approximate surface area is 165 Å². The molecular weight excluding hydrogens is 382 g/mol. The van der Waals surface area contributed by atoms with Crippen molar-refractivity contribution in [1.82, 2.24) is 24.5 Å². The van der Waals surface area contributed by atoms with Gasteiger partial charge in [0.2, 0.25) is 0 Å². The summed E-state index contributed by atoms with van der Waals surface area (Å²) in [5, 5.41) is 9.70. The fourth-order valence-electron chi connectivity index (χ4n) is 2.87. The standard InChI is InChI=1S/C19H18ClN5OS/c1-13(7-10-24-9-4-8-21-24)22-18(26)17-12-27-19-23-16(11-25(17)19)14-5-2-3-6-15(14)20/h2-6,8-9,11-13H,7,10H2,1H3,(H,22,26)/t13-/m1/s1. The fraction of sp³-hybridized carbons (Fsp3) is 0.211. The molecule has 3 heterocycles. The van der Waals surface area contributed by atoms with Crippen molar-refractivity contribution in [2.24, 2.45) is 0 Å². The number of nitrogens with one attached hydrogen (secondary N) is 1. The SMILES string of the molecule is C[C@H](CCn1cccn1)NC(=O)c1csc2nc(-c3ccccc3Cl)cn12. The first kappa shape index (κ1) is 17.8. The molecule has 6 nitrogen and oxygen atoms in total. The quantitative estimate of drug-likeness (QED) is 0.530. The van der Waals surface area contributed by atoms with E-state index in [0.29, 0.717) is 10.7 Å². The molecule has 0 spiro atoms. The number of fused-ring (bicyclic) bond motifs is 1. The van der Waals surface area contributed by atoms with Crippen molar-refractivity contribution in [2.75, 3.05) is 0 Å². The van der Waals surface area contributed by atoms with E-state index in [2.05, 4.69) is 15.4 Å². The van der Waals surface area contributed by atoms with Crippen LogP contribution in [0.2, 0.25) is 5.02 Å². The highest BCUT2D eigenvalue weighted by molar-refractivity contribution is 7.15. The minimum atomic E-state index is -0.114. The van der Waals surface area contributed by atoms with Gasteiger partial charge in [-0.05, 0) is 25.5 Å². The molecule has 0 unspecified atom stereocenters. The first-order valence-electron chi connectivity index (χ1n) is 8.61. The first-order chi connectivity index (χ1) is 13.1. The second-order valence-electron chi connectivity index (χ2n) is 6.31. The van der Waals surface area contributed by atoms with Crippen molar-refractivity contribution in [3.8, 4) is 11.3 Å². The smallest absolute Gasteiger partial charge is 0.269 e. The third-order valence-corrected chi connectivity index (χ3v) is 5.49. The fourth-order valence-corrected chi connectivity index (χ4v) is 3.96. The average molecular weight is 400 g/mol. The number of rotatable bonds is 6. The summed E-state index contributed by atoms with van der Waals surface area (Å²) in [6, 6.07) is 9.48. The zero-order valence-corrected chi connectivity index (χ0v) is 16.2. The zero-order valence-electron chi connectivity index (χ0n) is 14.7. The molecule has 1 aromatic carbocycles. The minimum absolute atomic E-state index is 0.0307. The summed E-state index contributed by atoms with van der Waals surface area (Å²) in [5.41, 5.74) is 2.19. The lowest BCUT2D eigenvalue weighted by Crippen LogP contribution is -2.34. The maximum absolute atomic E-state index is 12.7. The van der Waals surface area contributed by atoms with E-state index in [0.717, 1.165) is 29.2 Å².